The van der Waals surface area contributed by atoms with Crippen LogP contribution in [0, 0.1) is 6.92 Å². The molecule has 0 N–H and O–H groups in total. The number of amides is 1. The highest BCUT2D eigenvalue weighted by Gasteiger charge is 2.44. The van der Waals surface area contributed by atoms with Crippen LogP contribution in [0.3, 0.4) is 0 Å². The van der Waals surface area contributed by atoms with Crippen molar-refractivity contribution in [1.29, 1.82) is 0 Å². The molecule has 1 heterocycles. The lowest BCUT2D eigenvalue weighted by Gasteiger charge is -2.39. The Morgan fingerprint density at radius 1 is 1.21 bits per heavy atom. The summed E-state index contributed by atoms with van der Waals surface area (Å²) in [7, 11) is 0. The van der Waals surface area contributed by atoms with E-state index in [1.165, 1.54) is 0 Å². The van der Waals surface area contributed by atoms with Crippen molar-refractivity contribution in [2.75, 3.05) is 19.7 Å². The van der Waals surface area contributed by atoms with Gasteiger partial charge in [0.15, 0.2) is 0 Å². The minimum Gasteiger partial charge on any atom is -0.462 e. The Labute approximate surface area is 171 Å². The molecule has 1 spiro atoms. The van der Waals surface area contributed by atoms with E-state index < -0.39 is 5.60 Å². The van der Waals surface area contributed by atoms with E-state index in [9.17, 15) is 9.59 Å². The van der Waals surface area contributed by atoms with E-state index in [1.807, 2.05) is 39.8 Å². The summed E-state index contributed by atoms with van der Waals surface area (Å²) in [5.41, 5.74) is 2.70. The highest BCUT2D eigenvalue weighted by atomic mass is 35.5. The van der Waals surface area contributed by atoms with Gasteiger partial charge in [0.05, 0.1) is 12.2 Å². The van der Waals surface area contributed by atoms with Crippen LogP contribution in [0.2, 0.25) is 5.02 Å². The summed E-state index contributed by atoms with van der Waals surface area (Å²) in [6, 6.07) is 3.94. The molecule has 0 unspecified atom stereocenters. The zero-order valence-electron chi connectivity index (χ0n) is 17.2. The number of halogens is 1. The minimum atomic E-state index is -0.517. The van der Waals surface area contributed by atoms with Crippen molar-refractivity contribution in [2.45, 2.75) is 58.5 Å². The standard InChI is InChI=1S/C22H28ClNO4/c1-6-27-19(25)16-13-22(17-11-14(2)18(23)12-15(16)17)7-9-24(10-8-22)20(26)28-21(3,4)5/h11-13H,6-10H2,1-5H3. The highest BCUT2D eigenvalue weighted by Crippen LogP contribution is 2.48. The number of carbonyl (C=O) groups is 2. The van der Waals surface area contributed by atoms with E-state index in [1.54, 1.807) is 11.8 Å². The Morgan fingerprint density at radius 2 is 1.86 bits per heavy atom. The highest BCUT2D eigenvalue weighted by molar-refractivity contribution is 6.32. The van der Waals surface area contributed by atoms with E-state index in [0.717, 1.165) is 29.5 Å². The summed E-state index contributed by atoms with van der Waals surface area (Å²) >= 11 is 6.34. The van der Waals surface area contributed by atoms with Crippen molar-refractivity contribution < 1.29 is 19.1 Å². The van der Waals surface area contributed by atoms with Gasteiger partial charge in [0.1, 0.15) is 5.60 Å². The average Bonchev–Trinajstić information content (AvgIpc) is 2.88. The molecule has 1 aliphatic carbocycles. The predicted molar refractivity (Wildman–Crippen MR) is 110 cm³/mol. The average molecular weight is 406 g/mol. The molecule has 3 rings (SSSR count). The van der Waals surface area contributed by atoms with Crippen LogP contribution in [-0.4, -0.2) is 42.3 Å². The molecule has 0 saturated carbocycles. The summed E-state index contributed by atoms with van der Waals surface area (Å²) in [6.45, 7) is 10.8. The van der Waals surface area contributed by atoms with Gasteiger partial charge < -0.3 is 14.4 Å². The first-order valence-electron chi connectivity index (χ1n) is 9.75. The number of allylic oxidation sites excluding steroid dienone is 1. The molecule has 0 atom stereocenters. The third-order valence-electron chi connectivity index (χ3n) is 5.35. The molecule has 1 saturated heterocycles. The largest absolute Gasteiger partial charge is 0.462 e. The Bertz CT molecular complexity index is 830. The smallest absolute Gasteiger partial charge is 0.410 e. The maximum absolute atomic E-state index is 12.5. The fraction of sp³-hybridized carbons (Fsp3) is 0.545. The maximum atomic E-state index is 12.5. The third-order valence-corrected chi connectivity index (χ3v) is 5.76. The van der Waals surface area contributed by atoms with Crippen molar-refractivity contribution in [3.8, 4) is 0 Å². The fourth-order valence-electron chi connectivity index (χ4n) is 3.95. The summed E-state index contributed by atoms with van der Waals surface area (Å²) in [5, 5.41) is 0.636. The molecule has 1 aromatic carbocycles. The van der Waals surface area contributed by atoms with Gasteiger partial charge in [-0.15, -0.1) is 0 Å². The normalized spacial score (nSPS) is 17.9. The van der Waals surface area contributed by atoms with E-state index >= 15 is 0 Å². The number of rotatable bonds is 2. The summed E-state index contributed by atoms with van der Waals surface area (Å²) < 4.78 is 10.8. The van der Waals surface area contributed by atoms with Crippen molar-refractivity contribution in [3.05, 3.63) is 39.9 Å². The van der Waals surface area contributed by atoms with Crippen molar-refractivity contribution >= 4 is 29.2 Å². The minimum absolute atomic E-state index is 0.286. The molecule has 5 nitrogen and oxygen atoms in total. The quantitative estimate of drug-likeness (QED) is 0.658. The molecule has 1 aromatic rings. The number of hydrogen-bond acceptors (Lipinski definition) is 4. The maximum Gasteiger partial charge on any atom is 0.410 e. The van der Waals surface area contributed by atoms with Gasteiger partial charge in [0.2, 0.25) is 0 Å². The van der Waals surface area contributed by atoms with Gasteiger partial charge in [-0.1, -0.05) is 23.7 Å². The monoisotopic (exact) mass is 405 g/mol. The SMILES string of the molecule is CCOC(=O)C1=CC2(CCN(C(=O)OC(C)(C)C)CC2)c2cc(C)c(Cl)cc21. The zero-order valence-corrected chi connectivity index (χ0v) is 18.0. The molecule has 0 radical (unpaired) electrons. The van der Waals surface area contributed by atoms with Crippen LogP contribution >= 0.6 is 11.6 Å². The number of ether oxygens (including phenoxy) is 2. The van der Waals surface area contributed by atoms with Gasteiger partial charge in [-0.25, -0.2) is 9.59 Å². The Kier molecular flexibility index (Phi) is 5.50. The first-order chi connectivity index (χ1) is 13.1. The number of hydrogen-bond donors (Lipinski definition) is 0. The number of piperidine rings is 1. The number of fused-ring (bicyclic) bond motifs is 2. The fourth-order valence-corrected chi connectivity index (χ4v) is 4.12. The van der Waals surface area contributed by atoms with Crippen LogP contribution in [0.1, 0.15) is 57.2 Å². The number of nitrogens with zero attached hydrogens (tertiary/aromatic N) is 1. The first-order valence-corrected chi connectivity index (χ1v) is 10.1. The van der Waals surface area contributed by atoms with Crippen LogP contribution in [0.15, 0.2) is 18.2 Å². The zero-order chi connectivity index (χ0) is 20.7. The number of esters is 1. The Morgan fingerprint density at radius 3 is 2.43 bits per heavy atom. The van der Waals surface area contributed by atoms with Gasteiger partial charge in [-0.2, -0.15) is 0 Å². The molecule has 0 bridgehead atoms. The molecular formula is C22H28ClNO4. The topological polar surface area (TPSA) is 55.8 Å². The van der Waals surface area contributed by atoms with Gasteiger partial charge in [0, 0.05) is 23.5 Å². The van der Waals surface area contributed by atoms with E-state index in [4.69, 9.17) is 21.1 Å². The van der Waals surface area contributed by atoms with Crippen LogP contribution in [-0.2, 0) is 19.7 Å². The Hall–Kier alpha value is -2.01. The molecule has 6 heteroatoms. The van der Waals surface area contributed by atoms with Crippen LogP contribution < -0.4 is 0 Å². The first kappa shape index (κ1) is 20.7. The van der Waals surface area contributed by atoms with Crippen LogP contribution in [0.5, 0.6) is 0 Å². The van der Waals surface area contributed by atoms with Crippen LogP contribution in [0.4, 0.5) is 4.79 Å². The second kappa shape index (κ2) is 7.43. The lowest BCUT2D eigenvalue weighted by Crippen LogP contribution is -2.45. The second-order valence-corrected chi connectivity index (χ2v) is 8.96. The number of aryl methyl sites for hydroxylation is 1. The molecule has 1 fully saturated rings. The van der Waals surface area contributed by atoms with Crippen molar-refractivity contribution in [2.24, 2.45) is 0 Å². The molecular weight excluding hydrogens is 378 g/mol. The van der Waals surface area contributed by atoms with Crippen LogP contribution in [0.25, 0.3) is 5.57 Å². The lowest BCUT2D eigenvalue weighted by molar-refractivity contribution is -0.136. The second-order valence-electron chi connectivity index (χ2n) is 8.55. The van der Waals surface area contributed by atoms with Crippen molar-refractivity contribution in [1.82, 2.24) is 4.90 Å². The molecule has 28 heavy (non-hydrogen) atoms. The van der Waals surface area contributed by atoms with Gasteiger partial charge in [0.25, 0.3) is 0 Å². The van der Waals surface area contributed by atoms with Gasteiger partial charge in [-0.05, 0) is 70.2 Å². The molecule has 2 aliphatic rings. The van der Waals surface area contributed by atoms with Gasteiger partial charge in [-0.3, -0.25) is 0 Å². The number of carbonyl (C=O) groups excluding carboxylic acids is 2. The van der Waals surface area contributed by atoms with Gasteiger partial charge >= 0.3 is 12.1 Å². The molecule has 1 aliphatic heterocycles. The molecule has 0 aromatic heterocycles. The van der Waals surface area contributed by atoms with E-state index in [0.29, 0.717) is 30.3 Å². The summed E-state index contributed by atoms with van der Waals surface area (Å²) in [6.07, 6.45) is 3.19. The van der Waals surface area contributed by atoms with Crippen molar-refractivity contribution in [3.63, 3.8) is 0 Å². The predicted octanol–water partition coefficient (Wildman–Crippen LogP) is 4.88. The van der Waals surface area contributed by atoms with E-state index in [2.05, 4.69) is 6.07 Å². The summed E-state index contributed by atoms with van der Waals surface area (Å²) in [4.78, 5) is 26.7. The number of benzene rings is 1. The molecule has 1 amide bonds. The summed E-state index contributed by atoms with van der Waals surface area (Å²) in [5.74, 6) is -0.324. The Balaban J connectivity index is 1.89. The lowest BCUT2D eigenvalue weighted by atomic mass is 9.74. The third kappa shape index (κ3) is 3.90. The molecule has 152 valence electrons. The van der Waals surface area contributed by atoms with E-state index in [-0.39, 0.29) is 17.5 Å². The number of likely N-dealkylation sites (tertiary alicyclic amines) is 1.